The Bertz CT molecular complexity index is 56.4. The monoisotopic (exact) mass is 148 g/mol. The molecule has 0 spiro atoms. The average molecular weight is 148 g/mol. The van der Waals surface area contributed by atoms with Crippen LogP contribution in [0.3, 0.4) is 0 Å². The highest BCUT2D eigenvalue weighted by atomic mass is 32.2. The Balaban J connectivity index is 3.54. The Labute approximate surface area is 49.9 Å². The molecule has 0 fully saturated rings. The minimum Gasteiger partial charge on any atom is -0.169 e. The Kier molecular flexibility index (Phi) is 2.32. The van der Waals surface area contributed by atoms with E-state index in [1.807, 2.05) is 0 Å². The van der Waals surface area contributed by atoms with Crippen molar-refractivity contribution in [1.82, 2.24) is 0 Å². The van der Waals surface area contributed by atoms with Gasteiger partial charge in [-0.05, 0) is 0 Å². The summed E-state index contributed by atoms with van der Waals surface area (Å²) in [5, 5.41) is 0. The Morgan fingerprint density at radius 1 is 1.14 bits per heavy atom. The predicted octanol–water partition coefficient (Wildman–Crippen LogP) is 1.73. The van der Waals surface area contributed by atoms with E-state index in [0.717, 1.165) is 0 Å². The third-order valence-corrected chi connectivity index (χ3v) is 0.878. The topological polar surface area (TPSA) is 0 Å². The van der Waals surface area contributed by atoms with E-state index in [2.05, 4.69) is 25.3 Å². The second-order valence-corrected chi connectivity index (χ2v) is 2.36. The molecule has 0 aromatic heterocycles. The van der Waals surface area contributed by atoms with Crippen molar-refractivity contribution in [2.75, 3.05) is 0 Å². The van der Waals surface area contributed by atoms with Gasteiger partial charge in [-0.1, -0.05) is 0 Å². The van der Waals surface area contributed by atoms with Gasteiger partial charge in [0, 0.05) is 0 Å². The summed E-state index contributed by atoms with van der Waals surface area (Å²) in [5.41, 5.74) is 0. The Morgan fingerprint density at radius 3 is 1.29 bits per heavy atom. The molecule has 0 aromatic carbocycles. The van der Waals surface area contributed by atoms with Gasteiger partial charge in [0.15, 0.2) is 0 Å². The van der Waals surface area contributed by atoms with Gasteiger partial charge in [0.1, 0.15) is 4.58 Å². The van der Waals surface area contributed by atoms with Crippen LogP contribution in [0.4, 0.5) is 13.2 Å². The summed E-state index contributed by atoms with van der Waals surface area (Å²) in [5.74, 6) is 0. The summed E-state index contributed by atoms with van der Waals surface area (Å²) < 4.78 is 31.3. The fraction of sp³-hybridized carbons (Fsp3) is 1.00. The molecular weight excluding hydrogens is 145 g/mol. The molecule has 0 radical (unpaired) electrons. The summed E-state index contributed by atoms with van der Waals surface area (Å²) in [6, 6.07) is 0. The van der Waals surface area contributed by atoms with Gasteiger partial charge in [-0.15, -0.1) is 0 Å². The summed E-state index contributed by atoms with van der Waals surface area (Å²) in [7, 11) is 0. The fourth-order valence-corrected chi connectivity index (χ4v) is 0. The van der Waals surface area contributed by atoms with Gasteiger partial charge in [0.2, 0.25) is 0 Å². The molecule has 0 aromatic rings. The predicted molar refractivity (Wildman–Crippen MR) is 27.8 cm³/mol. The molecule has 0 aliphatic heterocycles. The van der Waals surface area contributed by atoms with Crippen molar-refractivity contribution >= 4 is 25.3 Å². The smallest absolute Gasteiger partial charge is 0.169 e. The molecule has 44 valence electrons. The molecule has 0 aliphatic rings. The minimum atomic E-state index is -4.27. The SMILES string of the molecule is FC(F)(F)C(S)S. The lowest BCUT2D eigenvalue weighted by atomic mass is 10.8. The highest BCUT2D eigenvalue weighted by Crippen LogP contribution is 2.26. The minimum absolute atomic E-state index is 1.81. The van der Waals surface area contributed by atoms with E-state index in [4.69, 9.17) is 0 Å². The Hall–Kier alpha value is 0.490. The van der Waals surface area contributed by atoms with E-state index in [9.17, 15) is 13.2 Å². The van der Waals surface area contributed by atoms with Crippen LogP contribution >= 0.6 is 25.3 Å². The van der Waals surface area contributed by atoms with Crippen LogP contribution in [-0.2, 0) is 0 Å². The normalized spacial score (nSPS) is 12.9. The van der Waals surface area contributed by atoms with Gasteiger partial charge in [0.05, 0.1) is 0 Å². The number of alkyl halides is 3. The molecule has 0 N–H and O–H groups in total. The molecule has 0 amide bonds. The highest BCUT2D eigenvalue weighted by molar-refractivity contribution is 7.99. The first-order valence-electron chi connectivity index (χ1n) is 1.37. The lowest BCUT2D eigenvalue weighted by Gasteiger charge is -2.05. The molecule has 0 heterocycles. The molecule has 0 unspecified atom stereocenters. The van der Waals surface area contributed by atoms with Crippen molar-refractivity contribution in [3.63, 3.8) is 0 Å². The number of halogens is 3. The van der Waals surface area contributed by atoms with Crippen LogP contribution in [0.2, 0.25) is 0 Å². The molecule has 0 atom stereocenters. The van der Waals surface area contributed by atoms with Crippen LogP contribution in [0.25, 0.3) is 0 Å². The zero-order chi connectivity index (χ0) is 6.08. The van der Waals surface area contributed by atoms with Crippen molar-refractivity contribution in [2.45, 2.75) is 10.8 Å². The molecule has 7 heavy (non-hydrogen) atoms. The van der Waals surface area contributed by atoms with Crippen LogP contribution < -0.4 is 0 Å². The zero-order valence-corrected chi connectivity index (χ0v) is 4.89. The van der Waals surface area contributed by atoms with E-state index >= 15 is 0 Å². The fourth-order valence-electron chi connectivity index (χ4n) is 0. The molecule has 0 bridgehead atoms. The summed E-state index contributed by atoms with van der Waals surface area (Å²) in [6.07, 6.45) is -4.27. The van der Waals surface area contributed by atoms with Crippen molar-refractivity contribution in [3.05, 3.63) is 0 Å². The third-order valence-electron chi connectivity index (χ3n) is 0.293. The van der Waals surface area contributed by atoms with Crippen molar-refractivity contribution in [1.29, 1.82) is 0 Å². The molecule has 0 saturated heterocycles. The van der Waals surface area contributed by atoms with Gasteiger partial charge in [-0.2, -0.15) is 38.4 Å². The lowest BCUT2D eigenvalue weighted by Crippen LogP contribution is -2.16. The van der Waals surface area contributed by atoms with Crippen molar-refractivity contribution in [3.8, 4) is 0 Å². The molecule has 0 saturated carbocycles. The van der Waals surface area contributed by atoms with Crippen molar-refractivity contribution in [2.24, 2.45) is 0 Å². The Morgan fingerprint density at radius 2 is 1.29 bits per heavy atom. The molecular formula is C2H3F3S2. The first kappa shape index (κ1) is 7.49. The van der Waals surface area contributed by atoms with Crippen LogP contribution in [0, 0.1) is 0 Å². The average Bonchev–Trinajstić information content (AvgIpc) is 1.31. The summed E-state index contributed by atoms with van der Waals surface area (Å²) in [4.78, 5) is 0. The van der Waals surface area contributed by atoms with Crippen LogP contribution in [0.5, 0.6) is 0 Å². The molecule has 0 rings (SSSR count). The first-order valence-corrected chi connectivity index (χ1v) is 2.40. The van der Waals surface area contributed by atoms with Gasteiger partial charge in [-0.3, -0.25) is 0 Å². The molecule has 5 heteroatoms. The van der Waals surface area contributed by atoms with E-state index in [1.165, 1.54) is 0 Å². The largest absolute Gasteiger partial charge is 0.408 e. The highest BCUT2D eigenvalue weighted by Gasteiger charge is 2.33. The van der Waals surface area contributed by atoms with Gasteiger partial charge < -0.3 is 0 Å². The van der Waals surface area contributed by atoms with Crippen LogP contribution in [0.15, 0.2) is 0 Å². The zero-order valence-electron chi connectivity index (χ0n) is 3.11. The maximum atomic E-state index is 11.0. The van der Waals surface area contributed by atoms with Gasteiger partial charge in [-0.25, -0.2) is 0 Å². The van der Waals surface area contributed by atoms with E-state index < -0.39 is 10.8 Å². The van der Waals surface area contributed by atoms with Gasteiger partial charge in [0.25, 0.3) is 0 Å². The van der Waals surface area contributed by atoms with E-state index in [-0.39, 0.29) is 0 Å². The second kappa shape index (κ2) is 2.17. The number of hydrogen-bond acceptors (Lipinski definition) is 2. The van der Waals surface area contributed by atoms with E-state index in [0.29, 0.717) is 0 Å². The van der Waals surface area contributed by atoms with E-state index in [1.54, 1.807) is 0 Å². The number of rotatable bonds is 0. The molecule has 0 nitrogen and oxygen atoms in total. The quantitative estimate of drug-likeness (QED) is 0.379. The van der Waals surface area contributed by atoms with Crippen LogP contribution in [0.1, 0.15) is 0 Å². The summed E-state index contributed by atoms with van der Waals surface area (Å²) >= 11 is 6.04. The number of hydrogen-bond donors (Lipinski definition) is 2. The maximum Gasteiger partial charge on any atom is 0.408 e. The third kappa shape index (κ3) is 3.11. The standard InChI is InChI=1S/C2H3F3S2/c3-2(4,5)1(6)7/h1,6-7H. The first-order chi connectivity index (χ1) is 2.94. The number of thiol groups is 2. The maximum absolute atomic E-state index is 11.0. The van der Waals surface area contributed by atoms with Crippen molar-refractivity contribution < 1.29 is 13.2 Å². The van der Waals surface area contributed by atoms with Crippen LogP contribution in [-0.4, -0.2) is 10.8 Å². The molecule has 0 aliphatic carbocycles. The summed E-state index contributed by atoms with van der Waals surface area (Å²) in [6.45, 7) is 0. The lowest BCUT2D eigenvalue weighted by molar-refractivity contribution is -0.111. The second-order valence-electron chi connectivity index (χ2n) is 0.915. The van der Waals surface area contributed by atoms with Gasteiger partial charge >= 0.3 is 6.18 Å².